The molecule has 0 amide bonds. The van der Waals surface area contributed by atoms with E-state index in [1.54, 1.807) is 0 Å². The van der Waals surface area contributed by atoms with E-state index in [2.05, 4.69) is 41.1 Å². The van der Waals surface area contributed by atoms with Crippen molar-refractivity contribution in [2.24, 2.45) is 5.92 Å². The van der Waals surface area contributed by atoms with E-state index in [4.69, 9.17) is 0 Å². The van der Waals surface area contributed by atoms with Crippen LogP contribution in [0.15, 0.2) is 0 Å². The van der Waals surface area contributed by atoms with E-state index in [1.165, 1.54) is 19.3 Å². The molecule has 0 bridgehead atoms. The van der Waals surface area contributed by atoms with Gasteiger partial charge in [-0.2, -0.15) is 0 Å². The highest BCUT2D eigenvalue weighted by Crippen LogP contribution is 2.30. The van der Waals surface area contributed by atoms with Crippen LogP contribution >= 0.6 is 0 Å². The Hall–Kier alpha value is -1.32. The van der Waals surface area contributed by atoms with Crippen LogP contribution in [0, 0.1) is 12.8 Å². The highest BCUT2D eigenvalue weighted by molar-refractivity contribution is 5.58. The molecule has 4 heteroatoms. The van der Waals surface area contributed by atoms with Crippen LogP contribution < -0.4 is 10.2 Å². The Morgan fingerprint density at radius 2 is 2.06 bits per heavy atom. The zero-order valence-corrected chi connectivity index (χ0v) is 12.0. The summed E-state index contributed by atoms with van der Waals surface area (Å²) in [6.07, 6.45) is 5.00. The van der Waals surface area contributed by atoms with Crippen molar-refractivity contribution in [3.63, 3.8) is 0 Å². The number of hydrogen-bond donors (Lipinski definition) is 1. The number of nitrogens with zero attached hydrogens (tertiary/aromatic N) is 3. The van der Waals surface area contributed by atoms with Crippen molar-refractivity contribution in [3.05, 3.63) is 11.4 Å². The van der Waals surface area contributed by atoms with Crippen molar-refractivity contribution in [2.45, 2.75) is 39.5 Å². The maximum atomic E-state index is 4.69. The van der Waals surface area contributed by atoms with Crippen LogP contribution in [-0.2, 0) is 6.42 Å². The number of aryl methyl sites for hydroxylation is 1. The van der Waals surface area contributed by atoms with Gasteiger partial charge in [-0.1, -0.05) is 13.3 Å². The summed E-state index contributed by atoms with van der Waals surface area (Å²) in [7, 11) is 4.07. The summed E-state index contributed by atoms with van der Waals surface area (Å²) in [5, 5.41) is 3.17. The van der Waals surface area contributed by atoms with Gasteiger partial charge in [-0.3, -0.25) is 0 Å². The van der Waals surface area contributed by atoms with Gasteiger partial charge in [0, 0.05) is 32.6 Å². The summed E-state index contributed by atoms with van der Waals surface area (Å²) in [4.78, 5) is 11.5. The number of nitrogens with one attached hydrogen (secondary N) is 1. The van der Waals surface area contributed by atoms with Crippen molar-refractivity contribution >= 4 is 11.6 Å². The third-order valence-corrected chi connectivity index (χ3v) is 3.84. The van der Waals surface area contributed by atoms with E-state index in [9.17, 15) is 0 Å². The van der Waals surface area contributed by atoms with Crippen molar-refractivity contribution in [2.75, 3.05) is 30.9 Å². The largest absolute Gasteiger partial charge is 0.373 e. The molecular weight excluding hydrogens is 224 g/mol. The van der Waals surface area contributed by atoms with E-state index in [-0.39, 0.29) is 0 Å². The van der Waals surface area contributed by atoms with Gasteiger partial charge in [-0.15, -0.1) is 0 Å². The van der Waals surface area contributed by atoms with E-state index in [1.807, 2.05) is 7.05 Å². The Kier molecular flexibility index (Phi) is 4.04. The predicted molar refractivity (Wildman–Crippen MR) is 76.3 cm³/mol. The Morgan fingerprint density at radius 3 is 2.56 bits per heavy atom. The average Bonchev–Trinajstić information content (AvgIpc) is 2.33. The lowest BCUT2D eigenvalue weighted by Gasteiger charge is -2.31. The van der Waals surface area contributed by atoms with Gasteiger partial charge in [0.05, 0.1) is 0 Å². The summed E-state index contributed by atoms with van der Waals surface area (Å²) < 4.78 is 0. The first-order valence-electron chi connectivity index (χ1n) is 6.92. The maximum Gasteiger partial charge on any atom is 0.137 e. The number of aromatic nitrogens is 2. The first-order valence-corrected chi connectivity index (χ1v) is 6.92. The van der Waals surface area contributed by atoms with Crippen LogP contribution in [0.25, 0.3) is 0 Å². The minimum atomic E-state index is 0.854. The second-order valence-electron chi connectivity index (χ2n) is 5.22. The number of anilines is 2. The second-order valence-corrected chi connectivity index (χ2v) is 5.22. The molecule has 18 heavy (non-hydrogen) atoms. The Morgan fingerprint density at radius 1 is 1.33 bits per heavy atom. The number of rotatable bonds is 5. The van der Waals surface area contributed by atoms with Crippen LogP contribution in [0.2, 0.25) is 0 Å². The highest BCUT2D eigenvalue weighted by Gasteiger charge is 2.21. The lowest BCUT2D eigenvalue weighted by Crippen LogP contribution is -2.30. The van der Waals surface area contributed by atoms with Crippen LogP contribution in [-0.4, -0.2) is 30.6 Å². The maximum absolute atomic E-state index is 4.69. The molecule has 1 aliphatic rings. The molecule has 100 valence electrons. The fourth-order valence-electron chi connectivity index (χ4n) is 2.47. The summed E-state index contributed by atoms with van der Waals surface area (Å²) in [5.41, 5.74) is 1.15. The van der Waals surface area contributed by atoms with Crippen molar-refractivity contribution in [1.29, 1.82) is 0 Å². The minimum absolute atomic E-state index is 0.854. The third kappa shape index (κ3) is 2.57. The molecule has 1 fully saturated rings. The number of hydrogen-bond acceptors (Lipinski definition) is 4. The molecule has 1 saturated carbocycles. The molecule has 0 saturated heterocycles. The van der Waals surface area contributed by atoms with Gasteiger partial charge in [-0.25, -0.2) is 9.97 Å². The molecule has 4 nitrogen and oxygen atoms in total. The second kappa shape index (κ2) is 5.55. The molecule has 2 rings (SSSR count). The molecule has 1 aromatic heterocycles. The monoisotopic (exact) mass is 248 g/mol. The van der Waals surface area contributed by atoms with Crippen molar-refractivity contribution in [3.8, 4) is 0 Å². The third-order valence-electron chi connectivity index (χ3n) is 3.84. The van der Waals surface area contributed by atoms with Gasteiger partial charge in [-0.05, 0) is 25.7 Å². The molecule has 1 aliphatic carbocycles. The molecule has 1 N–H and O–H groups in total. The molecule has 1 heterocycles. The van der Waals surface area contributed by atoms with Gasteiger partial charge in [0.25, 0.3) is 0 Å². The predicted octanol–water partition coefficient (Wildman–Crippen LogP) is 2.63. The highest BCUT2D eigenvalue weighted by atomic mass is 15.2. The quantitative estimate of drug-likeness (QED) is 0.869. The molecular formula is C14H24N4. The van der Waals surface area contributed by atoms with E-state index in [0.29, 0.717) is 0 Å². The zero-order valence-electron chi connectivity index (χ0n) is 12.0. The Bertz CT molecular complexity index is 413. The average molecular weight is 248 g/mol. The van der Waals surface area contributed by atoms with Gasteiger partial charge < -0.3 is 10.2 Å². The fourth-order valence-corrected chi connectivity index (χ4v) is 2.47. The molecule has 0 aliphatic heterocycles. The summed E-state index contributed by atoms with van der Waals surface area (Å²) >= 11 is 0. The van der Waals surface area contributed by atoms with Crippen LogP contribution in [0.1, 0.15) is 37.6 Å². The van der Waals surface area contributed by atoms with Gasteiger partial charge in [0.2, 0.25) is 0 Å². The molecule has 0 unspecified atom stereocenters. The summed E-state index contributed by atoms with van der Waals surface area (Å²) in [5.74, 6) is 3.81. The standard InChI is InChI=1S/C14H24N4/c1-5-12-16-13(15-3)10(2)14(17-12)18(4)9-11-7-6-8-11/h11H,5-9H2,1-4H3,(H,15,16,17). The van der Waals surface area contributed by atoms with Gasteiger partial charge in [0.1, 0.15) is 17.5 Å². The van der Waals surface area contributed by atoms with E-state index < -0.39 is 0 Å². The Balaban J connectivity index is 2.23. The fraction of sp³-hybridized carbons (Fsp3) is 0.714. The molecule has 0 spiro atoms. The zero-order chi connectivity index (χ0) is 13.1. The van der Waals surface area contributed by atoms with E-state index >= 15 is 0 Å². The van der Waals surface area contributed by atoms with Crippen molar-refractivity contribution in [1.82, 2.24) is 9.97 Å². The smallest absolute Gasteiger partial charge is 0.137 e. The Labute approximate surface area is 110 Å². The molecule has 0 aromatic carbocycles. The first-order chi connectivity index (χ1) is 8.65. The van der Waals surface area contributed by atoms with Crippen molar-refractivity contribution < 1.29 is 0 Å². The van der Waals surface area contributed by atoms with Crippen LogP contribution in [0.4, 0.5) is 11.6 Å². The first kappa shape index (κ1) is 13.1. The van der Waals surface area contributed by atoms with Gasteiger partial charge in [0.15, 0.2) is 0 Å². The molecule has 0 radical (unpaired) electrons. The normalized spacial score (nSPS) is 15.3. The lowest BCUT2D eigenvalue weighted by molar-refractivity contribution is 0.321. The lowest BCUT2D eigenvalue weighted by atomic mass is 9.85. The summed E-state index contributed by atoms with van der Waals surface area (Å²) in [6, 6.07) is 0. The van der Waals surface area contributed by atoms with Crippen LogP contribution in [0.3, 0.4) is 0 Å². The van der Waals surface area contributed by atoms with Gasteiger partial charge >= 0.3 is 0 Å². The minimum Gasteiger partial charge on any atom is -0.373 e. The molecule has 1 aromatic rings. The molecule has 0 atom stereocenters. The summed E-state index contributed by atoms with van der Waals surface area (Å²) in [6.45, 7) is 5.31. The van der Waals surface area contributed by atoms with Crippen LogP contribution in [0.5, 0.6) is 0 Å². The van der Waals surface area contributed by atoms with E-state index in [0.717, 1.165) is 41.9 Å². The topological polar surface area (TPSA) is 41.1 Å². The SMILES string of the molecule is CCc1nc(NC)c(C)c(N(C)CC2CCC2)n1.